The van der Waals surface area contributed by atoms with Gasteiger partial charge >= 0.3 is 11.9 Å². The van der Waals surface area contributed by atoms with Crippen LogP contribution in [0.1, 0.15) is 65.5 Å². The van der Waals surface area contributed by atoms with E-state index in [-0.39, 0.29) is 36.6 Å². The Labute approximate surface area is 244 Å². The molecule has 0 saturated carbocycles. The topological polar surface area (TPSA) is 232 Å². The summed E-state index contributed by atoms with van der Waals surface area (Å²) in [6.45, 7) is 8.23. The van der Waals surface area contributed by atoms with Crippen LogP contribution in [0.3, 0.4) is 0 Å². The van der Waals surface area contributed by atoms with Crippen molar-refractivity contribution in [2.75, 3.05) is 6.54 Å². The maximum absolute atomic E-state index is 13.5. The molecule has 1 saturated heterocycles. The Balaban J connectivity index is 2.22. The van der Waals surface area contributed by atoms with Gasteiger partial charge in [0, 0.05) is 18.3 Å². The first-order valence-electron chi connectivity index (χ1n) is 14.1. The number of carbonyl (C=O) groups excluding carboxylic acids is 4. The number of amides is 4. The van der Waals surface area contributed by atoms with E-state index in [0.29, 0.717) is 25.1 Å². The lowest BCUT2D eigenvalue weighted by atomic mass is 9.99. The lowest BCUT2D eigenvalue weighted by Crippen LogP contribution is -2.59. The van der Waals surface area contributed by atoms with E-state index in [9.17, 15) is 33.9 Å². The number of aliphatic carboxylic acids is 2. The third-order valence-corrected chi connectivity index (χ3v) is 6.66. The number of carboxylic acid groups (broad SMARTS) is 2. The maximum Gasteiger partial charge on any atom is 0.326 e. The Kier molecular flexibility index (Phi) is 13.4. The molecule has 8 N–H and O–H groups in total. The SMILES string of the molecule is CC(C)C[C@H](NC(=O)[C@@H]1CCCN1)C(=O)N[C@@H](CC(C)C)C(=O)N[C@@H](Cc1cnc[nH]1)C(=O)N[C@@H](CC(=O)O)C(=O)O. The molecular formula is C27H43N7O8. The minimum atomic E-state index is -1.72. The van der Waals surface area contributed by atoms with Crippen molar-refractivity contribution < 1.29 is 39.0 Å². The van der Waals surface area contributed by atoms with Gasteiger partial charge in [0.2, 0.25) is 23.6 Å². The molecule has 1 aromatic rings. The van der Waals surface area contributed by atoms with Crippen LogP contribution in [0.15, 0.2) is 12.5 Å². The minimum absolute atomic E-state index is 0.0475. The minimum Gasteiger partial charge on any atom is -0.481 e. The molecule has 5 atom stereocenters. The molecule has 0 unspecified atom stereocenters. The van der Waals surface area contributed by atoms with Crippen LogP contribution in [0.4, 0.5) is 0 Å². The molecule has 4 amide bonds. The van der Waals surface area contributed by atoms with E-state index in [1.54, 1.807) is 0 Å². The molecule has 1 aliphatic heterocycles. The monoisotopic (exact) mass is 593 g/mol. The zero-order valence-corrected chi connectivity index (χ0v) is 24.4. The first-order chi connectivity index (χ1) is 19.8. The number of carbonyl (C=O) groups is 6. The molecule has 2 rings (SSSR count). The molecular weight excluding hydrogens is 550 g/mol. The first-order valence-corrected chi connectivity index (χ1v) is 14.1. The van der Waals surface area contributed by atoms with Gasteiger partial charge in [-0.05, 0) is 44.1 Å². The molecule has 0 radical (unpaired) electrons. The standard InChI is InChI=1S/C27H43N7O8/c1-14(2)8-18(31-23(37)17-6-5-7-29-17)24(38)32-19(9-15(3)4)25(39)33-20(10-16-12-28-13-30-16)26(40)34-21(27(41)42)11-22(35)36/h12-15,17-21,29H,5-11H2,1-4H3,(H,28,30)(H,31,37)(H,32,38)(H,33,39)(H,34,40)(H,35,36)(H,41,42)/t17-,18-,19-,20-,21-/m0/s1. The highest BCUT2D eigenvalue weighted by Gasteiger charge is 2.33. The lowest BCUT2D eigenvalue weighted by Gasteiger charge is -2.27. The Bertz CT molecular complexity index is 1090. The molecule has 1 aromatic heterocycles. The molecule has 15 nitrogen and oxygen atoms in total. The van der Waals surface area contributed by atoms with Crippen LogP contribution in [0, 0.1) is 11.8 Å². The number of aromatic nitrogens is 2. The summed E-state index contributed by atoms with van der Waals surface area (Å²) in [6.07, 6.45) is 3.87. The number of H-pyrrole nitrogens is 1. The summed E-state index contributed by atoms with van der Waals surface area (Å²) in [5.74, 6) is -5.42. The predicted molar refractivity (Wildman–Crippen MR) is 150 cm³/mol. The lowest BCUT2D eigenvalue weighted by molar-refractivity contribution is -0.147. The third kappa shape index (κ3) is 11.5. The maximum atomic E-state index is 13.5. The molecule has 2 heterocycles. The molecule has 42 heavy (non-hydrogen) atoms. The number of aromatic amines is 1. The van der Waals surface area contributed by atoms with Crippen molar-refractivity contribution in [1.29, 1.82) is 0 Å². The summed E-state index contributed by atoms with van der Waals surface area (Å²) in [7, 11) is 0. The normalized spacial score (nSPS) is 17.6. The molecule has 1 fully saturated rings. The van der Waals surface area contributed by atoms with E-state index >= 15 is 0 Å². The van der Waals surface area contributed by atoms with E-state index in [1.165, 1.54) is 12.5 Å². The summed E-state index contributed by atoms with van der Waals surface area (Å²) in [5.41, 5.74) is 0.449. The number of rotatable bonds is 17. The van der Waals surface area contributed by atoms with E-state index in [1.807, 2.05) is 27.7 Å². The summed E-state index contributed by atoms with van der Waals surface area (Å²) >= 11 is 0. The van der Waals surface area contributed by atoms with E-state index in [2.05, 4.69) is 36.6 Å². The van der Waals surface area contributed by atoms with Crippen molar-refractivity contribution in [3.8, 4) is 0 Å². The molecule has 0 bridgehead atoms. The van der Waals surface area contributed by atoms with Gasteiger partial charge in [-0.3, -0.25) is 24.0 Å². The van der Waals surface area contributed by atoms with E-state index in [0.717, 1.165) is 6.42 Å². The largest absolute Gasteiger partial charge is 0.481 e. The van der Waals surface area contributed by atoms with Gasteiger partial charge in [0.1, 0.15) is 24.2 Å². The summed E-state index contributed by atoms with van der Waals surface area (Å²) in [4.78, 5) is 82.0. The third-order valence-electron chi connectivity index (χ3n) is 6.66. The predicted octanol–water partition coefficient (Wildman–Crippen LogP) is -0.705. The van der Waals surface area contributed by atoms with Gasteiger partial charge in [0.05, 0.1) is 18.8 Å². The molecule has 0 spiro atoms. The number of hydrogen-bond acceptors (Lipinski definition) is 8. The highest BCUT2D eigenvalue weighted by atomic mass is 16.4. The van der Waals surface area contributed by atoms with Crippen LogP contribution in [0.5, 0.6) is 0 Å². The van der Waals surface area contributed by atoms with Gasteiger partial charge in [-0.2, -0.15) is 0 Å². The highest BCUT2D eigenvalue weighted by Crippen LogP contribution is 2.12. The van der Waals surface area contributed by atoms with Crippen molar-refractivity contribution >= 4 is 35.6 Å². The van der Waals surface area contributed by atoms with Gasteiger partial charge in [0.15, 0.2) is 0 Å². The zero-order valence-electron chi connectivity index (χ0n) is 24.4. The summed E-state index contributed by atoms with van der Waals surface area (Å²) in [5, 5.41) is 31.8. The highest BCUT2D eigenvalue weighted by molar-refractivity contribution is 5.96. The molecule has 0 aromatic carbocycles. The van der Waals surface area contributed by atoms with Gasteiger partial charge in [-0.1, -0.05) is 27.7 Å². The number of nitrogens with one attached hydrogen (secondary N) is 6. The van der Waals surface area contributed by atoms with Crippen molar-refractivity contribution in [2.24, 2.45) is 11.8 Å². The van der Waals surface area contributed by atoms with Crippen molar-refractivity contribution in [1.82, 2.24) is 36.6 Å². The first kappa shape index (κ1) is 34.2. The van der Waals surface area contributed by atoms with Crippen LogP contribution in [-0.2, 0) is 35.2 Å². The fourth-order valence-corrected chi connectivity index (χ4v) is 4.60. The van der Waals surface area contributed by atoms with E-state index < -0.39 is 60.2 Å². The Morgan fingerprint density at radius 3 is 1.88 bits per heavy atom. The second-order valence-corrected chi connectivity index (χ2v) is 11.4. The summed E-state index contributed by atoms with van der Waals surface area (Å²) in [6, 6.07) is -5.41. The average Bonchev–Trinajstić information content (AvgIpc) is 3.61. The Morgan fingerprint density at radius 1 is 0.857 bits per heavy atom. The van der Waals surface area contributed by atoms with Crippen molar-refractivity contribution in [2.45, 2.75) is 96.4 Å². The second-order valence-electron chi connectivity index (χ2n) is 11.4. The quantitative estimate of drug-likeness (QED) is 0.113. The molecule has 234 valence electrons. The zero-order chi connectivity index (χ0) is 31.4. The second kappa shape index (κ2) is 16.4. The van der Waals surface area contributed by atoms with Crippen LogP contribution in [0.25, 0.3) is 0 Å². The fourth-order valence-electron chi connectivity index (χ4n) is 4.60. The van der Waals surface area contributed by atoms with Crippen molar-refractivity contribution in [3.63, 3.8) is 0 Å². The van der Waals surface area contributed by atoms with Crippen LogP contribution >= 0.6 is 0 Å². The number of imidazole rings is 1. The Hall–Kier alpha value is -4.01. The van der Waals surface area contributed by atoms with Gasteiger partial charge in [0.25, 0.3) is 0 Å². The van der Waals surface area contributed by atoms with Crippen LogP contribution in [0.2, 0.25) is 0 Å². The van der Waals surface area contributed by atoms with Crippen LogP contribution in [-0.4, -0.2) is 92.5 Å². The van der Waals surface area contributed by atoms with Crippen LogP contribution < -0.4 is 26.6 Å². The molecule has 0 aliphatic carbocycles. The van der Waals surface area contributed by atoms with Gasteiger partial charge < -0.3 is 41.8 Å². The molecule has 1 aliphatic rings. The van der Waals surface area contributed by atoms with E-state index in [4.69, 9.17) is 5.11 Å². The number of hydrogen-bond donors (Lipinski definition) is 8. The van der Waals surface area contributed by atoms with Gasteiger partial charge in [-0.25, -0.2) is 9.78 Å². The van der Waals surface area contributed by atoms with Gasteiger partial charge in [-0.15, -0.1) is 0 Å². The number of carboxylic acids is 2. The van der Waals surface area contributed by atoms with Crippen molar-refractivity contribution in [3.05, 3.63) is 18.2 Å². The summed E-state index contributed by atoms with van der Waals surface area (Å²) < 4.78 is 0. The fraction of sp³-hybridized carbons (Fsp3) is 0.667. The Morgan fingerprint density at radius 2 is 1.40 bits per heavy atom. The smallest absolute Gasteiger partial charge is 0.326 e. The molecule has 15 heteroatoms. The number of nitrogens with zero attached hydrogens (tertiary/aromatic N) is 1. The average molecular weight is 594 g/mol.